The fourth-order valence-electron chi connectivity index (χ4n) is 2.41. The van der Waals surface area contributed by atoms with Crippen LogP contribution in [0.3, 0.4) is 0 Å². The Morgan fingerprint density at radius 3 is 1.59 bits per heavy atom. The Kier molecular flexibility index (Phi) is 12.1. The van der Waals surface area contributed by atoms with Crippen molar-refractivity contribution >= 4 is 23.5 Å². The molecule has 0 saturated heterocycles. The molecule has 0 unspecified atom stereocenters. The van der Waals surface area contributed by atoms with E-state index in [4.69, 9.17) is 0 Å². The van der Waals surface area contributed by atoms with E-state index in [0.717, 1.165) is 0 Å². The van der Waals surface area contributed by atoms with Gasteiger partial charge in [0.2, 0.25) is 0 Å². The fourth-order valence-corrected chi connectivity index (χ4v) is 4.54. The Labute approximate surface area is 147 Å². The first kappa shape index (κ1) is 20.0. The third-order valence-electron chi connectivity index (χ3n) is 3.79. The van der Waals surface area contributed by atoms with Crippen LogP contribution in [0.5, 0.6) is 0 Å². The summed E-state index contributed by atoms with van der Waals surface area (Å²) in [5, 5.41) is 0. The standard InChI is InChI=1S/C20H34S2/c1-4-7-10-13-21-19-15-18(12-9-6-3)16-20(17-19)22-14-11-8-5-2/h15-17H,4-14H2,1-3H3. The van der Waals surface area contributed by atoms with Gasteiger partial charge < -0.3 is 0 Å². The normalized spacial score (nSPS) is 11.0. The second-order valence-electron chi connectivity index (χ2n) is 6.03. The maximum absolute atomic E-state index is 2.43. The molecule has 0 aliphatic heterocycles. The van der Waals surface area contributed by atoms with Gasteiger partial charge in [0.05, 0.1) is 0 Å². The highest BCUT2D eigenvalue weighted by Gasteiger charge is 2.03. The van der Waals surface area contributed by atoms with Crippen molar-refractivity contribution < 1.29 is 0 Å². The predicted molar refractivity (Wildman–Crippen MR) is 106 cm³/mol. The van der Waals surface area contributed by atoms with Crippen molar-refractivity contribution in [2.75, 3.05) is 11.5 Å². The SMILES string of the molecule is CCCCCSc1cc(CCCC)cc(SCCCCC)c1. The summed E-state index contributed by atoms with van der Waals surface area (Å²) in [5.74, 6) is 2.54. The van der Waals surface area contributed by atoms with E-state index < -0.39 is 0 Å². The Balaban J connectivity index is 2.59. The van der Waals surface area contributed by atoms with Crippen LogP contribution in [0.15, 0.2) is 28.0 Å². The number of hydrogen-bond acceptors (Lipinski definition) is 2. The van der Waals surface area contributed by atoms with E-state index >= 15 is 0 Å². The summed E-state index contributed by atoms with van der Waals surface area (Å²) in [7, 11) is 0. The van der Waals surface area contributed by atoms with Gasteiger partial charge in [-0.25, -0.2) is 0 Å². The maximum Gasteiger partial charge on any atom is 0.00858 e. The monoisotopic (exact) mass is 338 g/mol. The molecule has 0 heterocycles. The molecule has 0 saturated carbocycles. The number of unbranched alkanes of at least 4 members (excludes halogenated alkanes) is 5. The maximum atomic E-state index is 2.43. The molecule has 0 amide bonds. The largest absolute Gasteiger partial charge is 0.126 e. The van der Waals surface area contributed by atoms with Gasteiger partial charge in [-0.3, -0.25) is 0 Å². The van der Waals surface area contributed by atoms with Gasteiger partial charge in [-0.1, -0.05) is 52.9 Å². The molecule has 0 aliphatic rings. The molecule has 0 radical (unpaired) electrons. The number of benzene rings is 1. The molecule has 1 aromatic carbocycles. The van der Waals surface area contributed by atoms with Gasteiger partial charge in [0.25, 0.3) is 0 Å². The van der Waals surface area contributed by atoms with Crippen molar-refractivity contribution in [2.45, 2.75) is 88.3 Å². The molecule has 1 aromatic rings. The predicted octanol–water partition coefficient (Wildman–Crippen LogP) is 7.59. The van der Waals surface area contributed by atoms with Crippen molar-refractivity contribution in [1.29, 1.82) is 0 Å². The molecule has 0 aliphatic carbocycles. The second-order valence-corrected chi connectivity index (χ2v) is 8.36. The minimum Gasteiger partial charge on any atom is -0.126 e. The molecule has 126 valence electrons. The summed E-state index contributed by atoms with van der Waals surface area (Å²) in [6.07, 6.45) is 11.9. The molecule has 0 atom stereocenters. The van der Waals surface area contributed by atoms with Gasteiger partial charge in [0, 0.05) is 9.79 Å². The highest BCUT2D eigenvalue weighted by atomic mass is 32.2. The Hall–Kier alpha value is -0.0800. The third kappa shape index (κ3) is 9.15. The third-order valence-corrected chi connectivity index (χ3v) is 5.92. The molecule has 0 bridgehead atoms. The zero-order valence-corrected chi connectivity index (χ0v) is 16.5. The van der Waals surface area contributed by atoms with Crippen molar-refractivity contribution in [3.63, 3.8) is 0 Å². The quantitative estimate of drug-likeness (QED) is 0.268. The van der Waals surface area contributed by atoms with E-state index in [1.807, 2.05) is 0 Å². The average Bonchev–Trinajstić information content (AvgIpc) is 2.54. The van der Waals surface area contributed by atoms with Gasteiger partial charge in [-0.05, 0) is 61.0 Å². The Morgan fingerprint density at radius 1 is 0.636 bits per heavy atom. The molecule has 0 spiro atoms. The van der Waals surface area contributed by atoms with Crippen LogP contribution in [-0.4, -0.2) is 11.5 Å². The Bertz CT molecular complexity index is 357. The van der Waals surface area contributed by atoms with Crippen LogP contribution in [0.4, 0.5) is 0 Å². The number of hydrogen-bond donors (Lipinski definition) is 0. The topological polar surface area (TPSA) is 0 Å². The first-order valence-electron chi connectivity index (χ1n) is 9.19. The Morgan fingerprint density at radius 2 is 1.14 bits per heavy atom. The zero-order valence-electron chi connectivity index (χ0n) is 14.8. The minimum atomic E-state index is 1.24. The van der Waals surface area contributed by atoms with Crippen LogP contribution in [0, 0.1) is 0 Å². The number of aryl methyl sites for hydroxylation is 1. The average molecular weight is 339 g/mol. The number of rotatable bonds is 13. The fraction of sp³-hybridized carbons (Fsp3) is 0.700. The second kappa shape index (κ2) is 13.4. The summed E-state index contributed by atoms with van der Waals surface area (Å²) >= 11 is 4.11. The van der Waals surface area contributed by atoms with E-state index in [1.165, 1.54) is 79.1 Å². The van der Waals surface area contributed by atoms with Crippen molar-refractivity contribution in [3.05, 3.63) is 23.8 Å². The van der Waals surface area contributed by atoms with Crippen molar-refractivity contribution in [1.82, 2.24) is 0 Å². The van der Waals surface area contributed by atoms with Crippen LogP contribution < -0.4 is 0 Å². The first-order valence-corrected chi connectivity index (χ1v) is 11.2. The van der Waals surface area contributed by atoms with Gasteiger partial charge in [0.1, 0.15) is 0 Å². The summed E-state index contributed by atoms with van der Waals surface area (Å²) in [6.45, 7) is 6.84. The smallest absolute Gasteiger partial charge is 0.00858 e. The highest BCUT2D eigenvalue weighted by Crippen LogP contribution is 2.29. The van der Waals surface area contributed by atoms with Crippen LogP contribution in [0.2, 0.25) is 0 Å². The van der Waals surface area contributed by atoms with Gasteiger partial charge in [0.15, 0.2) is 0 Å². The van der Waals surface area contributed by atoms with E-state index in [2.05, 4.69) is 62.5 Å². The number of thioether (sulfide) groups is 2. The molecule has 0 fully saturated rings. The summed E-state index contributed by atoms with van der Waals surface area (Å²) in [4.78, 5) is 2.98. The molecule has 0 aromatic heterocycles. The summed E-state index contributed by atoms with van der Waals surface area (Å²) < 4.78 is 0. The van der Waals surface area contributed by atoms with Gasteiger partial charge >= 0.3 is 0 Å². The molecule has 0 N–H and O–H groups in total. The van der Waals surface area contributed by atoms with Crippen molar-refractivity contribution in [3.8, 4) is 0 Å². The molecular weight excluding hydrogens is 304 g/mol. The van der Waals surface area contributed by atoms with E-state index in [9.17, 15) is 0 Å². The highest BCUT2D eigenvalue weighted by molar-refractivity contribution is 8.00. The first-order chi connectivity index (χ1) is 10.8. The molecular formula is C20H34S2. The lowest BCUT2D eigenvalue weighted by molar-refractivity contribution is 0.777. The van der Waals surface area contributed by atoms with Crippen LogP contribution >= 0.6 is 23.5 Å². The van der Waals surface area contributed by atoms with E-state index in [-0.39, 0.29) is 0 Å². The molecule has 1 rings (SSSR count). The van der Waals surface area contributed by atoms with Crippen LogP contribution in [0.1, 0.15) is 77.7 Å². The van der Waals surface area contributed by atoms with Crippen molar-refractivity contribution in [2.24, 2.45) is 0 Å². The zero-order chi connectivity index (χ0) is 16.0. The van der Waals surface area contributed by atoms with Gasteiger partial charge in [-0.15, -0.1) is 23.5 Å². The molecule has 2 heteroatoms. The minimum absolute atomic E-state index is 1.24. The lowest BCUT2D eigenvalue weighted by atomic mass is 10.1. The summed E-state index contributed by atoms with van der Waals surface area (Å²) in [5.41, 5.74) is 1.54. The lowest BCUT2D eigenvalue weighted by Gasteiger charge is -2.10. The molecule has 0 nitrogen and oxygen atoms in total. The summed E-state index contributed by atoms with van der Waals surface area (Å²) in [6, 6.07) is 7.29. The van der Waals surface area contributed by atoms with E-state index in [0.29, 0.717) is 0 Å². The van der Waals surface area contributed by atoms with Crippen LogP contribution in [0.25, 0.3) is 0 Å². The molecule has 22 heavy (non-hydrogen) atoms. The van der Waals surface area contributed by atoms with Crippen LogP contribution in [-0.2, 0) is 6.42 Å². The van der Waals surface area contributed by atoms with E-state index in [1.54, 1.807) is 5.56 Å². The lowest BCUT2D eigenvalue weighted by Crippen LogP contribution is -1.89. The van der Waals surface area contributed by atoms with Gasteiger partial charge in [-0.2, -0.15) is 0 Å².